The van der Waals surface area contributed by atoms with Crippen LogP contribution in [0.25, 0.3) is 0 Å². The summed E-state index contributed by atoms with van der Waals surface area (Å²) in [5.41, 5.74) is 0.502. The highest BCUT2D eigenvalue weighted by atomic mass is 16.5. The molecule has 0 unspecified atom stereocenters. The fourth-order valence-corrected chi connectivity index (χ4v) is 1.81. The van der Waals surface area contributed by atoms with Crippen LogP contribution in [-0.2, 0) is 0 Å². The molecule has 0 aliphatic heterocycles. The van der Waals surface area contributed by atoms with E-state index in [1.54, 1.807) is 24.3 Å². The third kappa shape index (κ3) is 5.01. The molecular formula is C18H20O6. The van der Waals surface area contributed by atoms with Gasteiger partial charge in [-0.15, -0.1) is 0 Å². The lowest BCUT2D eigenvalue weighted by Crippen LogP contribution is -1.93. The van der Waals surface area contributed by atoms with Crippen LogP contribution in [-0.4, -0.2) is 36.0 Å². The van der Waals surface area contributed by atoms with Crippen molar-refractivity contribution in [3.05, 3.63) is 47.5 Å². The molecule has 2 N–H and O–H groups in total. The van der Waals surface area contributed by atoms with Gasteiger partial charge >= 0.3 is 0 Å². The van der Waals surface area contributed by atoms with Crippen molar-refractivity contribution in [1.29, 1.82) is 0 Å². The number of carbonyl (C=O) groups excluding carboxylic acids is 2. The monoisotopic (exact) mass is 332 g/mol. The van der Waals surface area contributed by atoms with E-state index in [9.17, 15) is 19.8 Å². The van der Waals surface area contributed by atoms with Gasteiger partial charge in [0.2, 0.25) is 0 Å². The Morgan fingerprint density at radius 1 is 0.792 bits per heavy atom. The number of hydrogen-bond donors (Lipinski definition) is 2. The lowest BCUT2D eigenvalue weighted by Gasteiger charge is -2.05. The normalized spacial score (nSPS) is 9.42. The van der Waals surface area contributed by atoms with Crippen LogP contribution in [0, 0.1) is 0 Å². The summed E-state index contributed by atoms with van der Waals surface area (Å²) in [6.07, 6.45) is 1.19. The highest BCUT2D eigenvalue weighted by Gasteiger charge is 2.06. The summed E-state index contributed by atoms with van der Waals surface area (Å²) in [5, 5.41) is 18.7. The van der Waals surface area contributed by atoms with Gasteiger partial charge in [-0.3, -0.25) is 9.59 Å². The molecule has 0 bridgehead atoms. The van der Waals surface area contributed by atoms with Crippen molar-refractivity contribution in [1.82, 2.24) is 0 Å². The molecule has 0 saturated heterocycles. The van der Waals surface area contributed by atoms with Gasteiger partial charge in [0.25, 0.3) is 0 Å². The quantitative estimate of drug-likeness (QED) is 0.789. The lowest BCUT2D eigenvalue weighted by atomic mass is 10.2. The van der Waals surface area contributed by atoms with Gasteiger partial charge < -0.3 is 19.7 Å². The van der Waals surface area contributed by atoms with E-state index in [4.69, 9.17) is 9.47 Å². The van der Waals surface area contributed by atoms with Gasteiger partial charge in [0.05, 0.1) is 24.3 Å². The Labute approximate surface area is 140 Å². The maximum absolute atomic E-state index is 10.4. The van der Waals surface area contributed by atoms with Gasteiger partial charge in [-0.2, -0.15) is 0 Å². The molecule has 128 valence electrons. The molecule has 0 radical (unpaired) electrons. The van der Waals surface area contributed by atoms with Crippen molar-refractivity contribution in [3.63, 3.8) is 0 Å². The van der Waals surface area contributed by atoms with Crippen molar-refractivity contribution in [3.8, 4) is 23.0 Å². The first-order chi connectivity index (χ1) is 11.6. The third-order valence-electron chi connectivity index (χ3n) is 2.91. The van der Waals surface area contributed by atoms with Crippen LogP contribution in [0.5, 0.6) is 23.0 Å². The second-order valence-electron chi connectivity index (χ2n) is 4.49. The molecule has 6 nitrogen and oxygen atoms in total. The Kier molecular flexibility index (Phi) is 7.84. The van der Waals surface area contributed by atoms with E-state index in [1.807, 2.05) is 13.8 Å². The van der Waals surface area contributed by atoms with E-state index in [0.29, 0.717) is 37.3 Å². The summed E-state index contributed by atoms with van der Waals surface area (Å²) in [4.78, 5) is 20.7. The Balaban J connectivity index is 0.000000240. The number of phenolic OH excluding ortho intramolecular Hbond substituents is 2. The van der Waals surface area contributed by atoms with E-state index >= 15 is 0 Å². The number of hydrogen-bond acceptors (Lipinski definition) is 6. The number of rotatable bonds is 6. The maximum atomic E-state index is 10.4. The average Bonchev–Trinajstić information content (AvgIpc) is 2.60. The predicted octanol–water partition coefficient (Wildman–Crippen LogP) is 3.21. The molecule has 0 heterocycles. The molecule has 6 heteroatoms. The fraction of sp³-hybridized carbons (Fsp3) is 0.222. The molecule has 2 aromatic rings. The molecule has 0 spiro atoms. The molecule has 2 aromatic carbocycles. The Bertz CT molecular complexity index is 622. The number of aromatic hydroxyl groups is 2. The van der Waals surface area contributed by atoms with Gasteiger partial charge in [0.1, 0.15) is 0 Å². The number of ether oxygens (including phenoxy) is 2. The molecule has 0 fully saturated rings. The minimum absolute atomic E-state index is 0.0886. The average molecular weight is 332 g/mol. The van der Waals surface area contributed by atoms with Crippen LogP contribution < -0.4 is 9.47 Å². The van der Waals surface area contributed by atoms with Crippen molar-refractivity contribution in [2.24, 2.45) is 0 Å². The van der Waals surface area contributed by atoms with Gasteiger partial charge in [0.15, 0.2) is 35.6 Å². The topological polar surface area (TPSA) is 93.1 Å². The smallest absolute Gasteiger partial charge is 0.168 e. The van der Waals surface area contributed by atoms with Crippen LogP contribution >= 0.6 is 0 Å². The van der Waals surface area contributed by atoms with Crippen LogP contribution in [0.1, 0.15) is 34.6 Å². The molecular weight excluding hydrogens is 312 g/mol. The number of benzene rings is 2. The Morgan fingerprint density at radius 3 is 1.46 bits per heavy atom. The lowest BCUT2D eigenvalue weighted by molar-refractivity contribution is 0.111. The van der Waals surface area contributed by atoms with Gasteiger partial charge in [-0.05, 0) is 38.1 Å². The summed E-state index contributed by atoms with van der Waals surface area (Å²) in [7, 11) is 0. The Morgan fingerprint density at radius 2 is 1.17 bits per heavy atom. The SMILES string of the molecule is CCOc1cccc(C=O)c1O.CCOc1cccc(C=O)c1O. The van der Waals surface area contributed by atoms with E-state index in [1.165, 1.54) is 12.1 Å². The van der Waals surface area contributed by atoms with Crippen molar-refractivity contribution < 1.29 is 29.3 Å². The van der Waals surface area contributed by atoms with E-state index < -0.39 is 0 Å². The largest absolute Gasteiger partial charge is 0.504 e. The number of carbonyl (C=O) groups is 2. The van der Waals surface area contributed by atoms with Gasteiger partial charge in [-0.1, -0.05) is 12.1 Å². The maximum Gasteiger partial charge on any atom is 0.168 e. The highest BCUT2D eigenvalue weighted by Crippen LogP contribution is 2.29. The molecule has 24 heavy (non-hydrogen) atoms. The number of para-hydroxylation sites is 2. The van der Waals surface area contributed by atoms with Crippen molar-refractivity contribution in [2.75, 3.05) is 13.2 Å². The molecule has 2 rings (SSSR count). The zero-order valence-corrected chi connectivity index (χ0v) is 13.6. The predicted molar refractivity (Wildman–Crippen MR) is 89.3 cm³/mol. The van der Waals surface area contributed by atoms with Crippen LogP contribution in [0.3, 0.4) is 0 Å². The summed E-state index contributed by atoms with van der Waals surface area (Å²) in [5.74, 6) is 0.521. The van der Waals surface area contributed by atoms with E-state index in [-0.39, 0.29) is 22.6 Å². The van der Waals surface area contributed by atoms with Crippen LogP contribution in [0.15, 0.2) is 36.4 Å². The van der Waals surface area contributed by atoms with Crippen LogP contribution in [0.4, 0.5) is 0 Å². The number of phenols is 2. The second-order valence-corrected chi connectivity index (χ2v) is 4.49. The van der Waals surface area contributed by atoms with Crippen molar-refractivity contribution in [2.45, 2.75) is 13.8 Å². The Hall–Kier alpha value is -3.02. The summed E-state index contributed by atoms with van der Waals surface area (Å²) in [6, 6.07) is 9.62. The highest BCUT2D eigenvalue weighted by molar-refractivity contribution is 5.81. The minimum Gasteiger partial charge on any atom is -0.504 e. The molecule has 0 aliphatic carbocycles. The van der Waals surface area contributed by atoms with Crippen LogP contribution in [0.2, 0.25) is 0 Å². The summed E-state index contributed by atoms with van der Waals surface area (Å²) < 4.78 is 10.1. The molecule has 0 atom stereocenters. The second kappa shape index (κ2) is 9.89. The standard InChI is InChI=1S/2C9H10O3/c2*1-2-12-8-5-3-4-7(6-10)9(8)11/h2*3-6,11H,2H2,1H3. The van der Waals surface area contributed by atoms with Crippen molar-refractivity contribution >= 4 is 12.6 Å². The first-order valence-electron chi connectivity index (χ1n) is 7.38. The first-order valence-corrected chi connectivity index (χ1v) is 7.38. The zero-order valence-electron chi connectivity index (χ0n) is 13.6. The fourth-order valence-electron chi connectivity index (χ4n) is 1.81. The zero-order chi connectivity index (χ0) is 17.9. The molecule has 0 aliphatic rings. The van der Waals surface area contributed by atoms with E-state index in [2.05, 4.69) is 0 Å². The minimum atomic E-state index is -0.0886. The molecule has 0 saturated carbocycles. The summed E-state index contributed by atoms with van der Waals surface area (Å²) >= 11 is 0. The van der Waals surface area contributed by atoms with Gasteiger partial charge in [-0.25, -0.2) is 0 Å². The first kappa shape index (κ1) is 19.0. The van der Waals surface area contributed by atoms with Gasteiger partial charge in [0, 0.05) is 0 Å². The third-order valence-corrected chi connectivity index (χ3v) is 2.91. The number of aldehydes is 2. The molecule has 0 amide bonds. The van der Waals surface area contributed by atoms with E-state index in [0.717, 1.165) is 0 Å². The molecule has 0 aromatic heterocycles. The summed E-state index contributed by atoms with van der Waals surface area (Å²) in [6.45, 7) is 4.56.